The van der Waals surface area contributed by atoms with E-state index in [9.17, 15) is 13.8 Å². The number of carbonyl (C=O) groups excluding carboxylic acids is 2. The fraction of sp³-hybridized carbons (Fsp3) is 0.333. The summed E-state index contributed by atoms with van der Waals surface area (Å²) < 4.78 is 21.5. The van der Waals surface area contributed by atoms with Crippen LogP contribution in [0.25, 0.3) is 0 Å². The summed E-state index contributed by atoms with van der Waals surface area (Å²) in [6, 6.07) is 0. The SMILES string of the molecule is CCOC1=C2SS(=O)C(C(=O)OC)=C2SC1=O. The second kappa shape index (κ2) is 4.87. The zero-order chi connectivity index (χ0) is 12.6. The highest BCUT2D eigenvalue weighted by Gasteiger charge is 2.43. The zero-order valence-corrected chi connectivity index (χ0v) is 11.4. The van der Waals surface area contributed by atoms with Gasteiger partial charge in [-0.15, -0.1) is 0 Å². The number of hydrogen-bond acceptors (Lipinski definition) is 7. The van der Waals surface area contributed by atoms with Gasteiger partial charge in [-0.25, -0.2) is 9.00 Å². The van der Waals surface area contributed by atoms with E-state index in [1.54, 1.807) is 6.92 Å². The van der Waals surface area contributed by atoms with Crippen molar-refractivity contribution in [2.45, 2.75) is 6.92 Å². The van der Waals surface area contributed by atoms with Crippen molar-refractivity contribution in [3.8, 4) is 0 Å². The van der Waals surface area contributed by atoms with E-state index < -0.39 is 15.8 Å². The molecule has 0 radical (unpaired) electrons. The normalized spacial score (nSPS) is 23.2. The van der Waals surface area contributed by atoms with Crippen molar-refractivity contribution >= 4 is 43.5 Å². The highest BCUT2D eigenvalue weighted by Crippen LogP contribution is 2.53. The molecule has 1 unspecified atom stereocenters. The van der Waals surface area contributed by atoms with Gasteiger partial charge in [0.2, 0.25) is 0 Å². The molecule has 17 heavy (non-hydrogen) atoms. The molecular weight excluding hydrogens is 284 g/mol. The van der Waals surface area contributed by atoms with Crippen LogP contribution in [0.4, 0.5) is 0 Å². The number of hydrogen-bond donors (Lipinski definition) is 0. The molecule has 0 saturated heterocycles. The Morgan fingerprint density at radius 3 is 2.71 bits per heavy atom. The number of ether oxygens (including phenoxy) is 2. The standard InChI is InChI=1S/C9H8O5S3/c1-3-14-4-5-6(15-9(4)11)7(8(10)13-2)17(12)16-5/h3H2,1-2H3. The van der Waals surface area contributed by atoms with Gasteiger partial charge >= 0.3 is 5.97 Å². The number of rotatable bonds is 3. The Bertz CT molecular complexity index is 491. The molecule has 0 bridgehead atoms. The van der Waals surface area contributed by atoms with Crippen molar-refractivity contribution in [2.75, 3.05) is 13.7 Å². The lowest BCUT2D eigenvalue weighted by Gasteiger charge is -2.02. The van der Waals surface area contributed by atoms with Gasteiger partial charge < -0.3 is 9.47 Å². The second-order valence-electron chi connectivity index (χ2n) is 2.95. The second-order valence-corrected chi connectivity index (χ2v) is 6.79. The minimum atomic E-state index is -1.53. The molecule has 0 N–H and O–H groups in total. The van der Waals surface area contributed by atoms with Crippen LogP contribution in [0.5, 0.6) is 0 Å². The van der Waals surface area contributed by atoms with Crippen LogP contribution in [0.15, 0.2) is 20.5 Å². The summed E-state index contributed by atoms with van der Waals surface area (Å²) >= 11 is 0.867. The molecule has 2 rings (SSSR count). The van der Waals surface area contributed by atoms with Gasteiger partial charge in [0, 0.05) is 0 Å². The van der Waals surface area contributed by atoms with Gasteiger partial charge in [-0.3, -0.25) is 4.79 Å². The Kier molecular flexibility index (Phi) is 3.64. The Hall–Kier alpha value is -0.730. The maximum absolute atomic E-state index is 11.7. The van der Waals surface area contributed by atoms with Crippen molar-refractivity contribution in [3.05, 3.63) is 20.5 Å². The number of esters is 1. The number of fused-ring (bicyclic) bond motifs is 1. The van der Waals surface area contributed by atoms with E-state index in [2.05, 4.69) is 4.74 Å². The maximum atomic E-state index is 11.7. The molecule has 92 valence electrons. The highest BCUT2D eigenvalue weighted by atomic mass is 33.1. The molecule has 8 heteroatoms. The third-order valence-corrected chi connectivity index (χ3v) is 6.09. The summed E-state index contributed by atoms with van der Waals surface area (Å²) in [5.41, 5.74) is 0. The molecular formula is C9H8O5S3. The molecule has 2 heterocycles. The minimum Gasteiger partial charge on any atom is -0.488 e. The van der Waals surface area contributed by atoms with Gasteiger partial charge in [0.1, 0.15) is 9.83 Å². The Morgan fingerprint density at radius 2 is 2.12 bits per heavy atom. The molecule has 0 aromatic rings. The van der Waals surface area contributed by atoms with Crippen LogP contribution in [0.1, 0.15) is 6.92 Å². The third-order valence-electron chi connectivity index (χ3n) is 1.98. The van der Waals surface area contributed by atoms with E-state index in [0.29, 0.717) is 16.4 Å². The van der Waals surface area contributed by atoms with Crippen molar-refractivity contribution in [1.29, 1.82) is 0 Å². The number of methoxy groups -OCH3 is 1. The van der Waals surface area contributed by atoms with E-state index in [1.807, 2.05) is 0 Å². The highest BCUT2D eigenvalue weighted by molar-refractivity contribution is 8.73. The quantitative estimate of drug-likeness (QED) is 0.573. The first-order valence-corrected chi connectivity index (χ1v) is 7.92. The predicted octanol–water partition coefficient (Wildman–Crippen LogP) is 1.30. The van der Waals surface area contributed by atoms with Crippen molar-refractivity contribution in [1.82, 2.24) is 0 Å². The van der Waals surface area contributed by atoms with E-state index in [-0.39, 0.29) is 15.8 Å². The van der Waals surface area contributed by atoms with Crippen LogP contribution in [0.3, 0.4) is 0 Å². The van der Waals surface area contributed by atoms with Crippen LogP contribution in [0.2, 0.25) is 0 Å². The lowest BCUT2D eigenvalue weighted by molar-refractivity contribution is -0.135. The molecule has 0 aromatic heterocycles. The van der Waals surface area contributed by atoms with Crippen LogP contribution in [-0.2, 0) is 28.9 Å². The fourth-order valence-electron chi connectivity index (χ4n) is 1.32. The van der Waals surface area contributed by atoms with Crippen LogP contribution < -0.4 is 0 Å². The molecule has 0 fully saturated rings. The number of carbonyl (C=O) groups is 2. The Morgan fingerprint density at radius 1 is 1.41 bits per heavy atom. The van der Waals surface area contributed by atoms with Gasteiger partial charge in [-0.1, -0.05) is 0 Å². The fourth-order valence-corrected chi connectivity index (χ4v) is 5.92. The smallest absolute Gasteiger partial charge is 0.349 e. The van der Waals surface area contributed by atoms with Crippen molar-refractivity contribution < 1.29 is 23.3 Å². The molecule has 0 aromatic carbocycles. The summed E-state index contributed by atoms with van der Waals surface area (Å²) in [6.45, 7) is 2.10. The third kappa shape index (κ3) is 2.04. The average Bonchev–Trinajstić information content (AvgIpc) is 2.75. The lowest BCUT2D eigenvalue weighted by atomic mass is 10.4. The average molecular weight is 292 g/mol. The molecule has 2 aliphatic heterocycles. The van der Waals surface area contributed by atoms with Gasteiger partial charge in [-0.2, -0.15) is 0 Å². The van der Waals surface area contributed by atoms with Crippen LogP contribution in [-0.4, -0.2) is 29.0 Å². The first-order valence-electron chi connectivity index (χ1n) is 4.62. The van der Waals surface area contributed by atoms with Crippen LogP contribution >= 0.6 is 22.6 Å². The summed E-state index contributed by atoms with van der Waals surface area (Å²) in [6.07, 6.45) is 0. The molecule has 2 aliphatic rings. The molecule has 1 atom stereocenters. The van der Waals surface area contributed by atoms with E-state index >= 15 is 0 Å². The Balaban J connectivity index is 2.49. The monoisotopic (exact) mass is 292 g/mol. The lowest BCUT2D eigenvalue weighted by Crippen LogP contribution is -2.06. The summed E-state index contributed by atoms with van der Waals surface area (Å²) in [5, 5.41) is -0.262. The largest absolute Gasteiger partial charge is 0.488 e. The molecule has 0 spiro atoms. The molecule has 0 amide bonds. The predicted molar refractivity (Wildman–Crippen MR) is 66.0 cm³/mol. The molecule has 0 aliphatic carbocycles. The molecule has 0 saturated carbocycles. The maximum Gasteiger partial charge on any atom is 0.349 e. The summed E-state index contributed by atoms with van der Waals surface area (Å²) in [7, 11) is 0.635. The van der Waals surface area contributed by atoms with E-state index in [0.717, 1.165) is 22.6 Å². The van der Waals surface area contributed by atoms with Gasteiger partial charge in [-0.05, 0) is 29.5 Å². The summed E-state index contributed by atoms with van der Waals surface area (Å²) in [5.74, 6) is -0.483. The number of thioether (sulfide) groups is 1. The topological polar surface area (TPSA) is 69.7 Å². The summed E-state index contributed by atoms with van der Waals surface area (Å²) in [4.78, 5) is 24.0. The Labute approximate surface area is 108 Å². The van der Waals surface area contributed by atoms with Gasteiger partial charge in [0.05, 0.1) is 23.5 Å². The van der Waals surface area contributed by atoms with Crippen molar-refractivity contribution in [2.24, 2.45) is 0 Å². The van der Waals surface area contributed by atoms with Gasteiger partial charge in [0.25, 0.3) is 5.12 Å². The first kappa shape index (κ1) is 12.7. The van der Waals surface area contributed by atoms with Crippen molar-refractivity contribution in [3.63, 3.8) is 0 Å². The minimum absolute atomic E-state index is 0.0422. The van der Waals surface area contributed by atoms with E-state index in [1.165, 1.54) is 7.11 Å². The first-order chi connectivity index (χ1) is 8.10. The van der Waals surface area contributed by atoms with E-state index in [4.69, 9.17) is 4.74 Å². The van der Waals surface area contributed by atoms with Crippen LogP contribution in [0, 0.1) is 0 Å². The van der Waals surface area contributed by atoms with Gasteiger partial charge in [0.15, 0.2) is 10.7 Å². The zero-order valence-electron chi connectivity index (χ0n) is 8.97. The molecule has 5 nitrogen and oxygen atoms in total.